The number of nitro benzene ring substituents is 1. The van der Waals surface area contributed by atoms with Crippen LogP contribution < -0.4 is 5.32 Å². The summed E-state index contributed by atoms with van der Waals surface area (Å²) in [4.78, 5) is 48.5. The predicted molar refractivity (Wildman–Crippen MR) is 99.3 cm³/mol. The Bertz CT molecular complexity index is 1020. The van der Waals surface area contributed by atoms with Crippen LogP contribution in [-0.2, 0) is 4.74 Å². The minimum Gasteiger partial charge on any atom is -0.385 e. The highest BCUT2D eigenvalue weighted by atomic mass is 19.1. The number of imide groups is 1. The van der Waals surface area contributed by atoms with Crippen LogP contribution in [0.2, 0.25) is 0 Å². The third kappa shape index (κ3) is 3.97. The fraction of sp³-hybridized carbons (Fsp3) is 0.211. The molecule has 9 nitrogen and oxygen atoms in total. The zero-order chi connectivity index (χ0) is 21.1. The van der Waals surface area contributed by atoms with Crippen molar-refractivity contribution in [3.63, 3.8) is 0 Å². The molecule has 0 radical (unpaired) electrons. The Morgan fingerprint density at radius 1 is 1.17 bits per heavy atom. The minimum atomic E-state index is -0.847. The molecule has 0 aromatic heterocycles. The highest BCUT2D eigenvalue weighted by Crippen LogP contribution is 2.26. The lowest BCUT2D eigenvalue weighted by Gasteiger charge is -2.12. The molecule has 3 rings (SSSR count). The molecule has 10 heteroatoms. The van der Waals surface area contributed by atoms with Gasteiger partial charge in [0, 0.05) is 38.0 Å². The number of fused-ring (bicyclic) bond motifs is 1. The second-order valence-corrected chi connectivity index (χ2v) is 6.24. The van der Waals surface area contributed by atoms with Crippen molar-refractivity contribution in [2.75, 3.05) is 25.6 Å². The standard InChI is InChI=1S/C19H16FN3O6/c1-29-8-2-7-22-18(25)13-5-3-11(9-14(13)19(22)26)17(24)21-16-10-12(23(27)28)4-6-15(16)20/h3-6,9-10H,2,7-8H2,1H3,(H,21,24). The van der Waals surface area contributed by atoms with Crippen LogP contribution in [0.15, 0.2) is 36.4 Å². The molecule has 1 aliphatic rings. The van der Waals surface area contributed by atoms with E-state index in [1.54, 1.807) is 0 Å². The minimum absolute atomic E-state index is 0.00884. The van der Waals surface area contributed by atoms with Crippen LogP contribution in [0.25, 0.3) is 0 Å². The van der Waals surface area contributed by atoms with Gasteiger partial charge < -0.3 is 10.1 Å². The molecule has 0 fully saturated rings. The Morgan fingerprint density at radius 2 is 1.90 bits per heavy atom. The van der Waals surface area contributed by atoms with Gasteiger partial charge in [-0.2, -0.15) is 0 Å². The molecule has 2 aromatic rings. The van der Waals surface area contributed by atoms with Gasteiger partial charge in [-0.1, -0.05) is 0 Å². The Kier molecular flexibility index (Phi) is 5.64. The van der Waals surface area contributed by atoms with Crippen molar-refractivity contribution in [1.29, 1.82) is 0 Å². The Morgan fingerprint density at radius 3 is 2.59 bits per heavy atom. The summed E-state index contributed by atoms with van der Waals surface area (Å²) in [6.45, 7) is 0.566. The van der Waals surface area contributed by atoms with Gasteiger partial charge in [0.15, 0.2) is 0 Å². The van der Waals surface area contributed by atoms with Crippen molar-refractivity contribution in [2.45, 2.75) is 6.42 Å². The number of nitrogens with zero attached hydrogens (tertiary/aromatic N) is 2. The molecule has 0 saturated heterocycles. The van der Waals surface area contributed by atoms with E-state index in [1.165, 1.54) is 25.3 Å². The van der Waals surface area contributed by atoms with Crippen molar-refractivity contribution in [3.8, 4) is 0 Å². The Balaban J connectivity index is 1.82. The third-order valence-electron chi connectivity index (χ3n) is 4.37. The van der Waals surface area contributed by atoms with Gasteiger partial charge in [0.25, 0.3) is 23.4 Å². The van der Waals surface area contributed by atoms with Gasteiger partial charge in [0.05, 0.1) is 21.7 Å². The maximum Gasteiger partial charge on any atom is 0.271 e. The lowest BCUT2D eigenvalue weighted by atomic mass is 10.1. The zero-order valence-corrected chi connectivity index (χ0v) is 15.3. The fourth-order valence-corrected chi connectivity index (χ4v) is 2.92. The molecule has 0 atom stereocenters. The third-order valence-corrected chi connectivity index (χ3v) is 4.37. The van der Waals surface area contributed by atoms with E-state index in [2.05, 4.69) is 5.32 Å². The molecule has 29 heavy (non-hydrogen) atoms. The van der Waals surface area contributed by atoms with E-state index in [0.717, 1.165) is 23.1 Å². The van der Waals surface area contributed by atoms with E-state index >= 15 is 0 Å². The quantitative estimate of drug-likeness (QED) is 0.330. The summed E-state index contributed by atoms with van der Waals surface area (Å²) in [5.74, 6) is -2.61. The van der Waals surface area contributed by atoms with Crippen molar-refractivity contribution in [3.05, 3.63) is 69.0 Å². The number of anilines is 1. The van der Waals surface area contributed by atoms with E-state index in [9.17, 15) is 28.9 Å². The summed E-state index contributed by atoms with van der Waals surface area (Å²) >= 11 is 0. The molecule has 1 aliphatic heterocycles. The normalized spacial score (nSPS) is 12.8. The van der Waals surface area contributed by atoms with Gasteiger partial charge >= 0.3 is 0 Å². The Labute approximate surface area is 164 Å². The number of carbonyl (C=O) groups is 3. The number of nitro groups is 1. The highest BCUT2D eigenvalue weighted by molar-refractivity contribution is 6.22. The number of nitrogens with one attached hydrogen (secondary N) is 1. The van der Waals surface area contributed by atoms with Crippen LogP contribution in [0.3, 0.4) is 0 Å². The maximum atomic E-state index is 13.9. The van der Waals surface area contributed by atoms with Crippen LogP contribution >= 0.6 is 0 Å². The molecular formula is C19H16FN3O6. The molecule has 0 saturated carbocycles. The second-order valence-electron chi connectivity index (χ2n) is 6.24. The molecule has 1 N–H and O–H groups in total. The van der Waals surface area contributed by atoms with Gasteiger partial charge in [-0.25, -0.2) is 4.39 Å². The lowest BCUT2D eigenvalue weighted by molar-refractivity contribution is -0.384. The first-order valence-electron chi connectivity index (χ1n) is 8.58. The summed E-state index contributed by atoms with van der Waals surface area (Å²) in [6, 6.07) is 6.67. The molecule has 0 spiro atoms. The topological polar surface area (TPSA) is 119 Å². The average Bonchev–Trinajstić information content (AvgIpc) is 2.94. The number of benzene rings is 2. The molecule has 0 bridgehead atoms. The molecule has 1 heterocycles. The van der Waals surface area contributed by atoms with E-state index in [1.807, 2.05) is 0 Å². The first kappa shape index (κ1) is 20.1. The molecular weight excluding hydrogens is 385 g/mol. The number of hydrogen-bond acceptors (Lipinski definition) is 6. The number of carbonyl (C=O) groups excluding carboxylic acids is 3. The smallest absolute Gasteiger partial charge is 0.271 e. The fourth-order valence-electron chi connectivity index (χ4n) is 2.92. The number of rotatable bonds is 7. The van der Waals surface area contributed by atoms with E-state index in [4.69, 9.17) is 4.74 Å². The van der Waals surface area contributed by atoms with Crippen molar-refractivity contribution >= 4 is 29.1 Å². The lowest BCUT2D eigenvalue weighted by Crippen LogP contribution is -2.31. The summed E-state index contributed by atoms with van der Waals surface area (Å²) in [6.07, 6.45) is 0.474. The summed E-state index contributed by atoms with van der Waals surface area (Å²) in [5.41, 5.74) is -0.504. The maximum absolute atomic E-state index is 13.9. The summed E-state index contributed by atoms with van der Waals surface area (Å²) < 4.78 is 18.8. The number of hydrogen-bond donors (Lipinski definition) is 1. The summed E-state index contributed by atoms with van der Waals surface area (Å²) in [7, 11) is 1.51. The van der Waals surface area contributed by atoms with Gasteiger partial charge in [0.2, 0.25) is 0 Å². The van der Waals surface area contributed by atoms with Crippen LogP contribution in [0.1, 0.15) is 37.5 Å². The number of ether oxygens (including phenoxy) is 1. The molecule has 2 aromatic carbocycles. The van der Waals surface area contributed by atoms with Crippen LogP contribution in [0.4, 0.5) is 15.8 Å². The van der Waals surface area contributed by atoms with Crippen LogP contribution in [0, 0.1) is 15.9 Å². The Hall–Kier alpha value is -3.66. The van der Waals surface area contributed by atoms with E-state index in [-0.39, 0.29) is 34.6 Å². The predicted octanol–water partition coefficient (Wildman–Crippen LogP) is 2.62. The molecule has 150 valence electrons. The SMILES string of the molecule is COCCCN1C(=O)c2ccc(C(=O)Nc3cc([N+](=O)[O-])ccc3F)cc2C1=O. The highest BCUT2D eigenvalue weighted by Gasteiger charge is 2.35. The van der Waals surface area contributed by atoms with Gasteiger partial charge in [-0.05, 0) is 30.7 Å². The number of methoxy groups -OCH3 is 1. The zero-order valence-electron chi connectivity index (χ0n) is 15.3. The first-order chi connectivity index (χ1) is 13.8. The number of non-ortho nitro benzene ring substituents is 1. The van der Waals surface area contributed by atoms with Gasteiger partial charge in [-0.3, -0.25) is 29.4 Å². The second kappa shape index (κ2) is 8.15. The van der Waals surface area contributed by atoms with Crippen LogP contribution in [-0.4, -0.2) is 47.8 Å². The number of amides is 3. The summed E-state index contributed by atoms with van der Waals surface area (Å²) in [5, 5.41) is 13.1. The van der Waals surface area contributed by atoms with Crippen LogP contribution in [0.5, 0.6) is 0 Å². The molecule has 0 aliphatic carbocycles. The van der Waals surface area contributed by atoms with Crippen molar-refractivity contribution in [1.82, 2.24) is 4.90 Å². The number of halogens is 1. The van der Waals surface area contributed by atoms with Crippen molar-refractivity contribution in [2.24, 2.45) is 0 Å². The van der Waals surface area contributed by atoms with E-state index in [0.29, 0.717) is 13.0 Å². The molecule has 0 unspecified atom stereocenters. The van der Waals surface area contributed by atoms with Gasteiger partial charge in [-0.15, -0.1) is 0 Å². The largest absolute Gasteiger partial charge is 0.385 e. The van der Waals surface area contributed by atoms with Gasteiger partial charge in [0.1, 0.15) is 5.82 Å². The molecule has 3 amide bonds. The average molecular weight is 401 g/mol. The first-order valence-corrected chi connectivity index (χ1v) is 8.58. The van der Waals surface area contributed by atoms with E-state index < -0.39 is 28.5 Å². The van der Waals surface area contributed by atoms with Crippen molar-refractivity contribution < 1.29 is 28.4 Å². The monoisotopic (exact) mass is 401 g/mol.